The third kappa shape index (κ3) is 4.67. The first-order valence-corrected chi connectivity index (χ1v) is 9.44. The van der Waals surface area contributed by atoms with Gasteiger partial charge >= 0.3 is 148 Å². The molecule has 4 nitrogen and oxygen atoms in total. The molecule has 0 aliphatic carbocycles. The molecule has 23 heavy (non-hydrogen) atoms. The predicted molar refractivity (Wildman–Crippen MR) is 85.7 cm³/mol. The van der Waals surface area contributed by atoms with E-state index in [0.29, 0.717) is 0 Å². The molecule has 0 N–H and O–H groups in total. The van der Waals surface area contributed by atoms with Gasteiger partial charge in [0.1, 0.15) is 0 Å². The van der Waals surface area contributed by atoms with E-state index < -0.39 is 21.2 Å². The molecule has 126 valence electrons. The van der Waals surface area contributed by atoms with Crippen LogP contribution in [0.4, 0.5) is 0 Å². The monoisotopic (exact) mass is 429 g/mol. The van der Waals surface area contributed by atoms with Crippen molar-refractivity contribution in [3.8, 4) is 23.0 Å². The molecular formula is C18H22IO4-. The Bertz CT molecular complexity index is 613. The molecule has 2 aromatic rings. The van der Waals surface area contributed by atoms with E-state index in [4.69, 9.17) is 18.9 Å². The third-order valence-electron chi connectivity index (χ3n) is 3.04. The van der Waals surface area contributed by atoms with Crippen molar-refractivity contribution in [2.24, 2.45) is 0 Å². The summed E-state index contributed by atoms with van der Waals surface area (Å²) in [6.45, 7) is 4.04. The van der Waals surface area contributed by atoms with Crippen LogP contribution in [0.2, 0.25) is 0 Å². The number of ether oxygens (including phenoxy) is 4. The molecule has 0 aromatic heterocycles. The van der Waals surface area contributed by atoms with Crippen LogP contribution in [0.5, 0.6) is 23.0 Å². The van der Waals surface area contributed by atoms with Crippen molar-refractivity contribution in [1.82, 2.24) is 0 Å². The Morgan fingerprint density at radius 2 is 1.35 bits per heavy atom. The zero-order chi connectivity index (χ0) is 16.8. The minimum absolute atomic E-state index is 0.178. The summed E-state index contributed by atoms with van der Waals surface area (Å²) in [6.07, 6.45) is 0.178. The van der Waals surface area contributed by atoms with Gasteiger partial charge in [-0.15, -0.1) is 0 Å². The molecule has 0 spiro atoms. The minimum atomic E-state index is -0.440. The second kappa shape index (κ2) is 8.29. The maximum absolute atomic E-state index is 5.69. The number of rotatable bonds is 7. The molecule has 0 aliphatic rings. The molecule has 0 heterocycles. The SMILES string of the molecule is COc1cc(OC)c([I-]c2ccc(OC(C)C)cc2)c(OC)c1. The summed E-state index contributed by atoms with van der Waals surface area (Å²) >= 11 is -0.440. The molecule has 0 unspecified atom stereocenters. The van der Waals surface area contributed by atoms with Crippen molar-refractivity contribution >= 4 is 0 Å². The molecule has 5 heteroatoms. The Balaban J connectivity index is 2.28. The molecule has 0 amide bonds. The van der Waals surface area contributed by atoms with Crippen molar-refractivity contribution in [2.45, 2.75) is 20.0 Å². The van der Waals surface area contributed by atoms with Crippen LogP contribution in [-0.4, -0.2) is 27.4 Å². The summed E-state index contributed by atoms with van der Waals surface area (Å²) in [5.41, 5.74) is 0. The van der Waals surface area contributed by atoms with E-state index in [1.54, 1.807) is 21.3 Å². The fraction of sp³-hybridized carbons (Fsp3) is 0.333. The molecule has 0 radical (unpaired) electrons. The Morgan fingerprint density at radius 3 is 1.78 bits per heavy atom. The number of hydrogen-bond acceptors (Lipinski definition) is 4. The van der Waals surface area contributed by atoms with Crippen LogP contribution in [0.25, 0.3) is 0 Å². The van der Waals surface area contributed by atoms with Crippen molar-refractivity contribution in [3.63, 3.8) is 0 Å². The first kappa shape index (κ1) is 17.7. The van der Waals surface area contributed by atoms with E-state index in [1.807, 2.05) is 38.1 Å². The Hall–Kier alpha value is -1.63. The van der Waals surface area contributed by atoms with Crippen LogP contribution in [0.15, 0.2) is 36.4 Å². The van der Waals surface area contributed by atoms with E-state index >= 15 is 0 Å². The predicted octanol–water partition coefficient (Wildman–Crippen LogP) is 0.628. The summed E-state index contributed by atoms with van der Waals surface area (Å²) < 4.78 is 24.4. The Kier molecular flexibility index (Phi) is 6.38. The number of hydrogen-bond donors (Lipinski definition) is 0. The van der Waals surface area contributed by atoms with Crippen molar-refractivity contribution < 1.29 is 40.2 Å². The van der Waals surface area contributed by atoms with Gasteiger partial charge in [0.25, 0.3) is 0 Å². The topological polar surface area (TPSA) is 36.9 Å². The van der Waals surface area contributed by atoms with Crippen molar-refractivity contribution in [2.75, 3.05) is 21.3 Å². The van der Waals surface area contributed by atoms with E-state index in [2.05, 4.69) is 12.1 Å². The van der Waals surface area contributed by atoms with Crippen LogP contribution < -0.4 is 40.2 Å². The molecule has 2 aromatic carbocycles. The standard InChI is InChI=1S/C18H22IO4/c1-12(2)23-14-8-6-13(7-9-14)19-18-16(21-4)10-15(20-3)11-17(18)22-5/h6-12H,1-5H3/q-1. The van der Waals surface area contributed by atoms with Crippen molar-refractivity contribution in [1.29, 1.82) is 0 Å². The van der Waals surface area contributed by atoms with Crippen LogP contribution in [0.1, 0.15) is 13.8 Å². The average molecular weight is 429 g/mol. The summed E-state index contributed by atoms with van der Waals surface area (Å²) in [7, 11) is 4.97. The quantitative estimate of drug-likeness (QED) is 0.606. The first-order chi connectivity index (χ1) is 11.1. The Morgan fingerprint density at radius 1 is 0.783 bits per heavy atom. The van der Waals surface area contributed by atoms with E-state index in [1.165, 1.54) is 3.57 Å². The van der Waals surface area contributed by atoms with Gasteiger partial charge in [-0.05, 0) is 0 Å². The summed E-state index contributed by atoms with van der Waals surface area (Å²) in [5.74, 6) is 3.22. The second-order valence-electron chi connectivity index (χ2n) is 5.06. The fourth-order valence-corrected chi connectivity index (χ4v) is 4.64. The first-order valence-electron chi connectivity index (χ1n) is 7.29. The van der Waals surface area contributed by atoms with Crippen LogP contribution in [0.3, 0.4) is 0 Å². The van der Waals surface area contributed by atoms with Gasteiger partial charge in [0.15, 0.2) is 0 Å². The van der Waals surface area contributed by atoms with Crippen LogP contribution in [0, 0.1) is 7.14 Å². The number of halogens is 1. The molecule has 0 saturated heterocycles. The molecule has 0 fully saturated rings. The fourth-order valence-electron chi connectivity index (χ4n) is 2.01. The van der Waals surface area contributed by atoms with Gasteiger partial charge < -0.3 is 0 Å². The molecule has 0 atom stereocenters. The molecule has 0 bridgehead atoms. The zero-order valence-electron chi connectivity index (χ0n) is 14.1. The number of methoxy groups -OCH3 is 3. The third-order valence-corrected chi connectivity index (χ3v) is 5.99. The normalized spacial score (nSPS) is 10.7. The van der Waals surface area contributed by atoms with Gasteiger partial charge in [-0.3, -0.25) is 0 Å². The molecular weight excluding hydrogens is 407 g/mol. The van der Waals surface area contributed by atoms with Crippen LogP contribution in [-0.2, 0) is 0 Å². The van der Waals surface area contributed by atoms with Crippen LogP contribution >= 0.6 is 0 Å². The molecule has 0 aliphatic heterocycles. The van der Waals surface area contributed by atoms with Gasteiger partial charge in [0, 0.05) is 0 Å². The van der Waals surface area contributed by atoms with E-state index in [-0.39, 0.29) is 6.10 Å². The molecule has 0 saturated carbocycles. The average Bonchev–Trinajstić information content (AvgIpc) is 2.56. The van der Waals surface area contributed by atoms with Gasteiger partial charge in [-0.2, -0.15) is 0 Å². The maximum atomic E-state index is 5.69. The number of benzene rings is 2. The van der Waals surface area contributed by atoms with Gasteiger partial charge in [-0.1, -0.05) is 0 Å². The second-order valence-corrected chi connectivity index (χ2v) is 7.92. The van der Waals surface area contributed by atoms with Gasteiger partial charge in [0.05, 0.1) is 0 Å². The van der Waals surface area contributed by atoms with Gasteiger partial charge in [-0.25, -0.2) is 0 Å². The van der Waals surface area contributed by atoms with E-state index in [9.17, 15) is 0 Å². The van der Waals surface area contributed by atoms with Gasteiger partial charge in [0.2, 0.25) is 0 Å². The summed E-state index contributed by atoms with van der Waals surface area (Å²) in [6, 6.07) is 12.0. The summed E-state index contributed by atoms with van der Waals surface area (Å²) in [5, 5.41) is 0. The molecule has 2 rings (SSSR count). The Labute approximate surface area is 148 Å². The van der Waals surface area contributed by atoms with Crippen molar-refractivity contribution in [3.05, 3.63) is 43.5 Å². The zero-order valence-corrected chi connectivity index (χ0v) is 16.2. The van der Waals surface area contributed by atoms with E-state index in [0.717, 1.165) is 26.6 Å². The summed E-state index contributed by atoms with van der Waals surface area (Å²) in [4.78, 5) is 0.